The van der Waals surface area contributed by atoms with Crippen molar-refractivity contribution in [1.29, 1.82) is 0 Å². The van der Waals surface area contributed by atoms with Crippen LogP contribution < -0.4 is 0 Å². The minimum absolute atomic E-state index is 0.119. The summed E-state index contributed by atoms with van der Waals surface area (Å²) < 4.78 is 49.6. The van der Waals surface area contributed by atoms with Crippen molar-refractivity contribution in [2.75, 3.05) is 0 Å². The number of aromatic nitrogens is 1. The zero-order valence-electron chi connectivity index (χ0n) is 8.66. The Labute approximate surface area is 103 Å². The van der Waals surface area contributed by atoms with E-state index in [-0.39, 0.29) is 21.8 Å². The van der Waals surface area contributed by atoms with E-state index >= 15 is 0 Å². The highest BCUT2D eigenvalue weighted by atomic mass is 32.1. The van der Waals surface area contributed by atoms with E-state index < -0.39 is 22.8 Å². The molecule has 0 amide bonds. The molecule has 0 fully saturated rings. The Morgan fingerprint density at radius 1 is 1.17 bits per heavy atom. The molecule has 2 rings (SSSR count). The Hall–Kier alpha value is -1.76. The van der Waals surface area contributed by atoms with Gasteiger partial charge in [0.2, 0.25) is 5.78 Å². The van der Waals surface area contributed by atoms with E-state index in [1.807, 2.05) is 0 Å². The molecule has 2 aromatic rings. The zero-order chi connectivity index (χ0) is 13.3. The van der Waals surface area contributed by atoms with Gasteiger partial charge < -0.3 is 0 Å². The van der Waals surface area contributed by atoms with Gasteiger partial charge in [-0.25, -0.2) is 9.37 Å². The van der Waals surface area contributed by atoms with Gasteiger partial charge in [0.15, 0.2) is 5.01 Å². The van der Waals surface area contributed by atoms with Crippen LogP contribution in [0.5, 0.6) is 0 Å². The average Bonchev–Trinajstić information content (AvgIpc) is 2.78. The SMILES string of the molecule is O=C(c1ccc(F)cc1)c1cnc(C(F)(F)F)s1. The number of nitrogens with zero attached hydrogens (tertiary/aromatic N) is 1. The lowest BCUT2D eigenvalue weighted by atomic mass is 10.1. The Balaban J connectivity index is 2.29. The third-order valence-electron chi connectivity index (χ3n) is 2.08. The molecule has 1 aromatic carbocycles. The zero-order valence-corrected chi connectivity index (χ0v) is 9.48. The predicted molar refractivity (Wildman–Crippen MR) is 56.9 cm³/mol. The van der Waals surface area contributed by atoms with Gasteiger partial charge in [-0.3, -0.25) is 4.79 Å². The van der Waals surface area contributed by atoms with Crippen molar-refractivity contribution >= 4 is 17.1 Å². The molecule has 0 aliphatic rings. The monoisotopic (exact) mass is 275 g/mol. The third kappa shape index (κ3) is 2.56. The number of alkyl halides is 3. The smallest absolute Gasteiger partial charge is 0.288 e. The van der Waals surface area contributed by atoms with Crippen molar-refractivity contribution in [3.63, 3.8) is 0 Å². The van der Waals surface area contributed by atoms with Crippen LogP contribution in [-0.4, -0.2) is 10.8 Å². The molecule has 0 atom stereocenters. The number of benzene rings is 1. The van der Waals surface area contributed by atoms with E-state index in [4.69, 9.17) is 0 Å². The maximum atomic E-state index is 12.6. The number of carbonyl (C=O) groups excluding carboxylic acids is 1. The van der Waals surface area contributed by atoms with Crippen molar-refractivity contribution < 1.29 is 22.4 Å². The molecular weight excluding hydrogens is 270 g/mol. The molecule has 1 heterocycles. The summed E-state index contributed by atoms with van der Waals surface area (Å²) in [4.78, 5) is 14.8. The number of carbonyl (C=O) groups is 1. The Morgan fingerprint density at radius 2 is 1.78 bits per heavy atom. The molecule has 1 aromatic heterocycles. The fraction of sp³-hybridized carbons (Fsp3) is 0.0909. The molecule has 0 unspecified atom stereocenters. The Morgan fingerprint density at radius 3 is 2.28 bits per heavy atom. The van der Waals surface area contributed by atoms with Gasteiger partial charge in [-0.2, -0.15) is 13.2 Å². The lowest BCUT2D eigenvalue weighted by Crippen LogP contribution is -2.03. The minimum atomic E-state index is -4.56. The normalized spacial score (nSPS) is 11.6. The maximum absolute atomic E-state index is 12.6. The van der Waals surface area contributed by atoms with Crippen LogP contribution in [0.3, 0.4) is 0 Å². The van der Waals surface area contributed by atoms with Crippen molar-refractivity contribution in [2.24, 2.45) is 0 Å². The molecule has 0 saturated carbocycles. The van der Waals surface area contributed by atoms with Crippen LogP contribution in [0, 0.1) is 5.82 Å². The highest BCUT2D eigenvalue weighted by Gasteiger charge is 2.35. The maximum Gasteiger partial charge on any atom is 0.443 e. The summed E-state index contributed by atoms with van der Waals surface area (Å²) in [6.07, 6.45) is -3.69. The van der Waals surface area contributed by atoms with Gasteiger partial charge in [-0.15, -0.1) is 11.3 Å². The van der Waals surface area contributed by atoms with Crippen LogP contribution in [0.2, 0.25) is 0 Å². The first-order valence-corrected chi connectivity index (χ1v) is 5.53. The average molecular weight is 275 g/mol. The molecule has 0 radical (unpaired) electrons. The highest BCUT2D eigenvalue weighted by molar-refractivity contribution is 7.13. The first kappa shape index (κ1) is 12.7. The van der Waals surface area contributed by atoms with Gasteiger partial charge in [0.1, 0.15) is 5.82 Å². The van der Waals surface area contributed by atoms with E-state index in [9.17, 15) is 22.4 Å². The number of ketones is 1. The molecule has 0 saturated heterocycles. The minimum Gasteiger partial charge on any atom is -0.288 e. The van der Waals surface area contributed by atoms with E-state index in [2.05, 4.69) is 4.98 Å². The summed E-state index contributed by atoms with van der Waals surface area (Å²) in [5, 5.41) is -1.08. The van der Waals surface area contributed by atoms with Crippen LogP contribution >= 0.6 is 11.3 Å². The van der Waals surface area contributed by atoms with E-state index in [0.29, 0.717) is 0 Å². The van der Waals surface area contributed by atoms with Gasteiger partial charge in [-0.05, 0) is 24.3 Å². The fourth-order valence-electron chi connectivity index (χ4n) is 1.25. The summed E-state index contributed by atoms with van der Waals surface area (Å²) >= 11 is 0.268. The summed E-state index contributed by atoms with van der Waals surface area (Å²) in [6.45, 7) is 0. The lowest BCUT2D eigenvalue weighted by Gasteiger charge is -1.99. The van der Waals surface area contributed by atoms with Gasteiger partial charge >= 0.3 is 6.18 Å². The molecule has 0 aliphatic carbocycles. The van der Waals surface area contributed by atoms with Gasteiger partial charge in [0.25, 0.3) is 0 Å². The fourth-order valence-corrected chi connectivity index (χ4v) is 2.00. The van der Waals surface area contributed by atoms with Crippen LogP contribution in [-0.2, 0) is 6.18 Å². The van der Waals surface area contributed by atoms with Crippen LogP contribution in [0.1, 0.15) is 20.2 Å². The molecule has 2 nitrogen and oxygen atoms in total. The van der Waals surface area contributed by atoms with Crippen molar-refractivity contribution in [3.8, 4) is 0 Å². The van der Waals surface area contributed by atoms with Crippen LogP contribution in [0.25, 0.3) is 0 Å². The quantitative estimate of drug-likeness (QED) is 0.620. The molecule has 18 heavy (non-hydrogen) atoms. The summed E-state index contributed by atoms with van der Waals surface area (Å²) in [5.74, 6) is -1.13. The van der Waals surface area contributed by atoms with Crippen molar-refractivity contribution in [3.05, 3.63) is 51.7 Å². The molecule has 0 N–H and O–H groups in total. The van der Waals surface area contributed by atoms with Gasteiger partial charge in [-0.1, -0.05) is 0 Å². The molecular formula is C11H5F4NOS. The van der Waals surface area contributed by atoms with Gasteiger partial charge in [0, 0.05) is 11.8 Å². The first-order chi connectivity index (χ1) is 8.38. The molecule has 0 spiro atoms. The Bertz CT molecular complexity index is 573. The number of halogens is 4. The van der Waals surface area contributed by atoms with E-state index in [1.165, 1.54) is 12.1 Å². The number of thiazole rings is 1. The summed E-state index contributed by atoms with van der Waals surface area (Å²) in [5.41, 5.74) is 0.119. The predicted octanol–water partition coefficient (Wildman–Crippen LogP) is 3.53. The van der Waals surface area contributed by atoms with Crippen molar-refractivity contribution in [2.45, 2.75) is 6.18 Å². The van der Waals surface area contributed by atoms with Gasteiger partial charge in [0.05, 0.1) is 4.88 Å². The second-order valence-corrected chi connectivity index (χ2v) is 4.39. The Kier molecular flexibility index (Phi) is 3.16. The largest absolute Gasteiger partial charge is 0.443 e. The number of rotatable bonds is 2. The van der Waals surface area contributed by atoms with E-state index in [1.54, 1.807) is 0 Å². The van der Waals surface area contributed by atoms with Crippen LogP contribution in [0.4, 0.5) is 17.6 Å². The molecule has 0 aliphatic heterocycles. The van der Waals surface area contributed by atoms with Crippen molar-refractivity contribution in [1.82, 2.24) is 4.98 Å². The summed E-state index contributed by atoms with van der Waals surface area (Å²) in [6, 6.07) is 4.56. The molecule has 94 valence electrons. The topological polar surface area (TPSA) is 30.0 Å². The second-order valence-electron chi connectivity index (χ2n) is 3.36. The molecule has 7 heteroatoms. The number of hydrogen-bond acceptors (Lipinski definition) is 3. The first-order valence-electron chi connectivity index (χ1n) is 4.71. The summed E-state index contributed by atoms with van der Waals surface area (Å²) in [7, 11) is 0. The third-order valence-corrected chi connectivity index (χ3v) is 3.12. The number of hydrogen-bond donors (Lipinski definition) is 0. The lowest BCUT2D eigenvalue weighted by molar-refractivity contribution is -0.137. The highest BCUT2D eigenvalue weighted by Crippen LogP contribution is 2.33. The van der Waals surface area contributed by atoms with Crippen LogP contribution in [0.15, 0.2) is 30.5 Å². The van der Waals surface area contributed by atoms with E-state index in [0.717, 1.165) is 18.3 Å². The second kappa shape index (κ2) is 4.49. The standard InChI is InChI=1S/C11H5F4NOS/c12-7-3-1-6(2-4-7)9(17)8-5-16-10(18-8)11(13,14)15/h1-5H. The molecule has 0 bridgehead atoms.